The highest BCUT2D eigenvalue weighted by Crippen LogP contribution is 2.20. The Labute approximate surface area is 123 Å². The van der Waals surface area contributed by atoms with Gasteiger partial charge >= 0.3 is 0 Å². The molecule has 0 N–H and O–H groups in total. The standard InChI is InChI=1S/C19H39/c1-5-7-8-9-10-11-12-13-14-15-19(4)17-16-18(3)6-2/h18-19H,2,5-17H2,1,3-4H3. The van der Waals surface area contributed by atoms with Gasteiger partial charge in [0.15, 0.2) is 0 Å². The lowest BCUT2D eigenvalue weighted by Crippen LogP contribution is -1.99. The van der Waals surface area contributed by atoms with Crippen molar-refractivity contribution < 1.29 is 0 Å². The molecule has 0 rings (SSSR count). The van der Waals surface area contributed by atoms with Crippen LogP contribution in [0.3, 0.4) is 0 Å². The largest absolute Gasteiger partial charge is 0.0654 e. The molecule has 115 valence electrons. The molecule has 1 radical (unpaired) electrons. The molecule has 2 unspecified atom stereocenters. The number of hydrogen-bond donors (Lipinski definition) is 0. The van der Waals surface area contributed by atoms with Crippen molar-refractivity contribution in [3.8, 4) is 0 Å². The summed E-state index contributed by atoms with van der Waals surface area (Å²) in [4.78, 5) is 0. The molecule has 0 nitrogen and oxygen atoms in total. The van der Waals surface area contributed by atoms with Crippen molar-refractivity contribution in [1.29, 1.82) is 0 Å². The SMILES string of the molecule is [CH2]CC(C)CCC(C)CCCCCCCCCCC. The quantitative estimate of drug-likeness (QED) is 0.292. The third kappa shape index (κ3) is 14.2. The lowest BCUT2D eigenvalue weighted by atomic mass is 9.92. The molecule has 0 aromatic rings. The Morgan fingerprint density at radius 1 is 0.632 bits per heavy atom. The molecule has 0 bridgehead atoms. The maximum Gasteiger partial charge on any atom is -0.0443 e. The summed E-state index contributed by atoms with van der Waals surface area (Å²) >= 11 is 0. The van der Waals surface area contributed by atoms with Gasteiger partial charge in [0.05, 0.1) is 0 Å². The van der Waals surface area contributed by atoms with Crippen molar-refractivity contribution in [2.75, 3.05) is 0 Å². The van der Waals surface area contributed by atoms with Crippen LogP contribution in [-0.2, 0) is 0 Å². The summed E-state index contributed by atoms with van der Waals surface area (Å²) in [5.74, 6) is 1.75. The van der Waals surface area contributed by atoms with Crippen LogP contribution in [0.2, 0.25) is 0 Å². The molecule has 0 heterocycles. The van der Waals surface area contributed by atoms with E-state index in [0.29, 0.717) is 0 Å². The molecule has 0 aromatic heterocycles. The lowest BCUT2D eigenvalue weighted by molar-refractivity contribution is 0.398. The van der Waals surface area contributed by atoms with Crippen LogP contribution < -0.4 is 0 Å². The van der Waals surface area contributed by atoms with Gasteiger partial charge in [0.25, 0.3) is 0 Å². The van der Waals surface area contributed by atoms with Crippen LogP contribution >= 0.6 is 0 Å². The molecular weight excluding hydrogens is 228 g/mol. The minimum absolute atomic E-state index is 0.825. The third-order valence-corrected chi connectivity index (χ3v) is 4.45. The van der Waals surface area contributed by atoms with E-state index in [0.717, 1.165) is 18.3 Å². The van der Waals surface area contributed by atoms with Crippen LogP contribution in [0.15, 0.2) is 0 Å². The van der Waals surface area contributed by atoms with Gasteiger partial charge in [0.2, 0.25) is 0 Å². The van der Waals surface area contributed by atoms with E-state index in [1.807, 2.05) is 0 Å². The molecule has 0 aromatic carbocycles. The summed E-state index contributed by atoms with van der Waals surface area (Å²) in [6.45, 7) is 11.0. The van der Waals surface area contributed by atoms with E-state index < -0.39 is 0 Å². The smallest absolute Gasteiger partial charge is 0.0443 e. The zero-order chi connectivity index (χ0) is 14.3. The fourth-order valence-corrected chi connectivity index (χ4v) is 2.66. The van der Waals surface area contributed by atoms with Crippen LogP contribution in [0.4, 0.5) is 0 Å². The van der Waals surface area contributed by atoms with Gasteiger partial charge in [-0.1, -0.05) is 111 Å². The predicted molar refractivity (Wildman–Crippen MR) is 89.4 cm³/mol. The molecule has 0 aliphatic rings. The van der Waals surface area contributed by atoms with Crippen molar-refractivity contribution in [2.45, 2.75) is 104 Å². The monoisotopic (exact) mass is 267 g/mol. The van der Waals surface area contributed by atoms with Crippen molar-refractivity contribution in [1.82, 2.24) is 0 Å². The van der Waals surface area contributed by atoms with Gasteiger partial charge < -0.3 is 0 Å². The second kappa shape index (κ2) is 14.4. The van der Waals surface area contributed by atoms with E-state index in [4.69, 9.17) is 0 Å². The van der Waals surface area contributed by atoms with Crippen LogP contribution in [0.1, 0.15) is 104 Å². The Morgan fingerprint density at radius 3 is 1.63 bits per heavy atom. The van der Waals surface area contributed by atoms with E-state index in [2.05, 4.69) is 27.7 Å². The van der Waals surface area contributed by atoms with Gasteiger partial charge in [-0.25, -0.2) is 0 Å². The van der Waals surface area contributed by atoms with Crippen LogP contribution in [0, 0.1) is 18.8 Å². The molecule has 0 saturated carbocycles. The molecule has 0 aliphatic heterocycles. The summed E-state index contributed by atoms with van der Waals surface area (Å²) in [5, 5.41) is 0. The van der Waals surface area contributed by atoms with Gasteiger partial charge in [-0.3, -0.25) is 0 Å². The topological polar surface area (TPSA) is 0 Å². The van der Waals surface area contributed by atoms with Gasteiger partial charge in [0.1, 0.15) is 0 Å². The maximum atomic E-state index is 3.99. The summed E-state index contributed by atoms with van der Waals surface area (Å²) < 4.78 is 0. The van der Waals surface area contributed by atoms with Crippen LogP contribution in [0.25, 0.3) is 0 Å². The Hall–Kier alpha value is 0. The average molecular weight is 268 g/mol. The summed E-state index contributed by atoms with van der Waals surface area (Å²) in [7, 11) is 0. The molecule has 0 aliphatic carbocycles. The first-order valence-electron chi connectivity index (χ1n) is 8.99. The predicted octanol–water partition coefficient (Wildman–Crippen LogP) is 7.18. The van der Waals surface area contributed by atoms with Gasteiger partial charge in [-0.15, -0.1) is 0 Å². The Kier molecular flexibility index (Phi) is 14.4. The second-order valence-electron chi connectivity index (χ2n) is 6.69. The Bertz CT molecular complexity index is 161. The molecule has 0 amide bonds. The van der Waals surface area contributed by atoms with E-state index in [-0.39, 0.29) is 0 Å². The van der Waals surface area contributed by atoms with E-state index in [9.17, 15) is 0 Å². The third-order valence-electron chi connectivity index (χ3n) is 4.45. The highest BCUT2D eigenvalue weighted by Gasteiger charge is 2.05. The van der Waals surface area contributed by atoms with Crippen LogP contribution in [0.5, 0.6) is 0 Å². The summed E-state index contributed by atoms with van der Waals surface area (Å²) in [6.07, 6.45) is 18.4. The fraction of sp³-hybridized carbons (Fsp3) is 0.947. The number of hydrogen-bond acceptors (Lipinski definition) is 0. The lowest BCUT2D eigenvalue weighted by Gasteiger charge is -2.14. The minimum Gasteiger partial charge on any atom is -0.0654 e. The summed E-state index contributed by atoms with van der Waals surface area (Å²) in [5.41, 5.74) is 0. The van der Waals surface area contributed by atoms with Gasteiger partial charge in [0, 0.05) is 0 Å². The molecule has 0 saturated heterocycles. The molecule has 0 heteroatoms. The van der Waals surface area contributed by atoms with E-state index in [1.165, 1.54) is 77.0 Å². The highest BCUT2D eigenvalue weighted by atomic mass is 14.1. The van der Waals surface area contributed by atoms with E-state index in [1.54, 1.807) is 0 Å². The molecule has 19 heavy (non-hydrogen) atoms. The van der Waals surface area contributed by atoms with Crippen molar-refractivity contribution in [3.63, 3.8) is 0 Å². The molecule has 0 fully saturated rings. The number of unbranched alkanes of at least 4 members (excludes halogenated alkanes) is 8. The summed E-state index contributed by atoms with van der Waals surface area (Å²) in [6, 6.07) is 0. The van der Waals surface area contributed by atoms with Crippen molar-refractivity contribution in [3.05, 3.63) is 6.92 Å². The second-order valence-corrected chi connectivity index (χ2v) is 6.69. The first-order valence-corrected chi connectivity index (χ1v) is 8.99. The number of rotatable bonds is 14. The highest BCUT2D eigenvalue weighted by molar-refractivity contribution is 4.60. The Morgan fingerprint density at radius 2 is 1.11 bits per heavy atom. The van der Waals surface area contributed by atoms with Crippen molar-refractivity contribution in [2.24, 2.45) is 11.8 Å². The van der Waals surface area contributed by atoms with Crippen molar-refractivity contribution >= 4 is 0 Å². The zero-order valence-corrected chi connectivity index (χ0v) is 14.1. The van der Waals surface area contributed by atoms with E-state index >= 15 is 0 Å². The minimum atomic E-state index is 0.825. The molecule has 0 spiro atoms. The maximum absolute atomic E-state index is 3.99. The first-order chi connectivity index (χ1) is 9.20. The zero-order valence-electron chi connectivity index (χ0n) is 14.1. The molecule has 2 atom stereocenters. The Balaban J connectivity index is 3.16. The fourth-order valence-electron chi connectivity index (χ4n) is 2.66. The normalized spacial score (nSPS) is 14.5. The first kappa shape index (κ1) is 19.0. The van der Waals surface area contributed by atoms with Crippen LogP contribution in [-0.4, -0.2) is 0 Å². The van der Waals surface area contributed by atoms with Gasteiger partial charge in [-0.2, -0.15) is 0 Å². The average Bonchev–Trinajstić information content (AvgIpc) is 2.42. The molecular formula is C19H39. The van der Waals surface area contributed by atoms with Gasteiger partial charge in [-0.05, 0) is 11.8 Å².